The van der Waals surface area contributed by atoms with Crippen molar-refractivity contribution in [2.24, 2.45) is 5.92 Å². The van der Waals surface area contributed by atoms with Crippen LogP contribution in [0, 0.1) is 5.92 Å². The maximum absolute atomic E-state index is 11.6. The van der Waals surface area contributed by atoms with Gasteiger partial charge in [-0.3, -0.25) is 4.79 Å². The molecule has 3 rings (SSSR count). The lowest BCUT2D eigenvalue weighted by Gasteiger charge is -2.33. The van der Waals surface area contributed by atoms with E-state index in [9.17, 15) is 4.79 Å². The van der Waals surface area contributed by atoms with Gasteiger partial charge in [-0.25, -0.2) is 0 Å². The van der Waals surface area contributed by atoms with Gasteiger partial charge in [0.2, 0.25) is 0 Å². The molecule has 2 heterocycles. The van der Waals surface area contributed by atoms with Crippen LogP contribution in [-0.2, 0) is 20.9 Å². The van der Waals surface area contributed by atoms with Gasteiger partial charge in [0.1, 0.15) is 6.10 Å². The monoisotopic (exact) mass is 246 g/mol. The lowest BCUT2D eigenvalue weighted by Crippen LogP contribution is -2.39. The highest BCUT2D eigenvalue weighted by molar-refractivity contribution is 5.85. The summed E-state index contributed by atoms with van der Waals surface area (Å²) in [5.74, 6) is 0.550. The van der Waals surface area contributed by atoms with Gasteiger partial charge < -0.3 is 9.47 Å². The summed E-state index contributed by atoms with van der Waals surface area (Å²) in [6.07, 6.45) is 1.27. The molecule has 96 valence electrons. The third kappa shape index (κ3) is 2.20. The second-order valence-electron chi connectivity index (χ2n) is 5.26. The van der Waals surface area contributed by atoms with Crippen molar-refractivity contribution in [3.63, 3.8) is 0 Å². The molecule has 0 spiro atoms. The van der Waals surface area contributed by atoms with E-state index < -0.39 is 0 Å². The first-order valence-corrected chi connectivity index (χ1v) is 6.58. The van der Waals surface area contributed by atoms with Crippen molar-refractivity contribution < 1.29 is 14.3 Å². The summed E-state index contributed by atoms with van der Waals surface area (Å²) in [5, 5.41) is 0. The van der Waals surface area contributed by atoms with E-state index >= 15 is 0 Å². The van der Waals surface area contributed by atoms with Gasteiger partial charge in [0.25, 0.3) is 0 Å². The van der Waals surface area contributed by atoms with E-state index in [2.05, 4.69) is 19.1 Å². The van der Waals surface area contributed by atoms with Crippen LogP contribution in [0.2, 0.25) is 0 Å². The van der Waals surface area contributed by atoms with E-state index in [0.29, 0.717) is 25.4 Å². The Hall–Kier alpha value is -1.19. The number of rotatable bonds is 3. The Morgan fingerprint density at radius 1 is 1.33 bits per heavy atom. The SMILES string of the molecule is C[C@@H]1[C@@H](OCc2ccccc2)C[C@H]2O[C@@H]1CC2=O. The van der Waals surface area contributed by atoms with Gasteiger partial charge in [-0.15, -0.1) is 0 Å². The zero-order valence-corrected chi connectivity index (χ0v) is 10.5. The number of hydrogen-bond acceptors (Lipinski definition) is 3. The Labute approximate surface area is 107 Å². The molecule has 0 saturated carbocycles. The lowest BCUT2D eigenvalue weighted by molar-refractivity contribution is -0.138. The van der Waals surface area contributed by atoms with Crippen molar-refractivity contribution in [3.05, 3.63) is 35.9 Å². The van der Waals surface area contributed by atoms with E-state index in [0.717, 1.165) is 0 Å². The highest BCUT2D eigenvalue weighted by atomic mass is 16.5. The van der Waals surface area contributed by atoms with Crippen LogP contribution in [-0.4, -0.2) is 24.1 Å². The minimum absolute atomic E-state index is 0.0667. The van der Waals surface area contributed by atoms with Crippen LogP contribution >= 0.6 is 0 Å². The molecule has 0 aliphatic carbocycles. The van der Waals surface area contributed by atoms with Crippen LogP contribution in [0.5, 0.6) is 0 Å². The van der Waals surface area contributed by atoms with Gasteiger partial charge in [0.15, 0.2) is 5.78 Å². The van der Waals surface area contributed by atoms with Crippen molar-refractivity contribution in [3.8, 4) is 0 Å². The average Bonchev–Trinajstić information content (AvgIpc) is 2.71. The molecule has 18 heavy (non-hydrogen) atoms. The lowest BCUT2D eigenvalue weighted by atomic mass is 9.94. The summed E-state index contributed by atoms with van der Waals surface area (Å²) in [6.45, 7) is 2.73. The second-order valence-corrected chi connectivity index (χ2v) is 5.26. The predicted molar refractivity (Wildman–Crippen MR) is 67.1 cm³/mol. The van der Waals surface area contributed by atoms with E-state index in [4.69, 9.17) is 9.47 Å². The third-order valence-corrected chi connectivity index (χ3v) is 4.03. The van der Waals surface area contributed by atoms with Crippen molar-refractivity contribution in [1.82, 2.24) is 0 Å². The Kier molecular flexibility index (Phi) is 3.18. The molecule has 2 aliphatic heterocycles. The average molecular weight is 246 g/mol. The summed E-state index contributed by atoms with van der Waals surface area (Å²) in [6, 6.07) is 10.1. The fraction of sp³-hybridized carbons (Fsp3) is 0.533. The molecule has 0 amide bonds. The number of fused-ring (bicyclic) bond motifs is 2. The number of carbonyl (C=O) groups is 1. The smallest absolute Gasteiger partial charge is 0.164 e. The normalized spacial score (nSPS) is 34.8. The van der Waals surface area contributed by atoms with Crippen LogP contribution in [0.1, 0.15) is 25.3 Å². The largest absolute Gasteiger partial charge is 0.373 e. The predicted octanol–water partition coefficient (Wildman–Crippen LogP) is 2.34. The summed E-state index contributed by atoms with van der Waals surface area (Å²) in [5.41, 5.74) is 1.18. The van der Waals surface area contributed by atoms with Gasteiger partial charge in [0.05, 0.1) is 18.8 Å². The van der Waals surface area contributed by atoms with Crippen molar-refractivity contribution in [1.29, 1.82) is 0 Å². The van der Waals surface area contributed by atoms with Crippen molar-refractivity contribution in [2.45, 2.75) is 44.7 Å². The fourth-order valence-electron chi connectivity index (χ4n) is 2.82. The molecule has 0 unspecified atom stereocenters. The van der Waals surface area contributed by atoms with E-state index in [1.165, 1.54) is 5.56 Å². The van der Waals surface area contributed by atoms with E-state index in [1.54, 1.807) is 0 Å². The van der Waals surface area contributed by atoms with Crippen LogP contribution in [0.4, 0.5) is 0 Å². The topological polar surface area (TPSA) is 35.5 Å². The quantitative estimate of drug-likeness (QED) is 0.821. The van der Waals surface area contributed by atoms with Crippen molar-refractivity contribution in [2.75, 3.05) is 0 Å². The molecule has 1 aromatic rings. The zero-order valence-electron chi connectivity index (χ0n) is 10.5. The molecule has 4 atom stereocenters. The summed E-state index contributed by atoms with van der Waals surface area (Å²) in [7, 11) is 0. The standard InChI is InChI=1S/C15H18O3/c1-10-13(8-15-12(16)7-14(10)18-15)17-9-11-5-3-2-4-6-11/h2-6,10,13-15H,7-9H2,1H3/t10-,13+,14-,15-/m1/s1. The van der Waals surface area contributed by atoms with Crippen molar-refractivity contribution >= 4 is 5.78 Å². The molecular formula is C15H18O3. The van der Waals surface area contributed by atoms with Gasteiger partial charge >= 0.3 is 0 Å². The minimum atomic E-state index is -0.216. The maximum Gasteiger partial charge on any atom is 0.164 e. The molecule has 3 heteroatoms. The van der Waals surface area contributed by atoms with Crippen LogP contribution in [0.25, 0.3) is 0 Å². The maximum atomic E-state index is 11.6. The van der Waals surface area contributed by atoms with Gasteiger partial charge in [-0.05, 0) is 5.56 Å². The molecule has 0 aromatic heterocycles. The molecule has 1 aromatic carbocycles. The highest BCUT2D eigenvalue weighted by Crippen LogP contribution is 2.36. The van der Waals surface area contributed by atoms with Crippen LogP contribution < -0.4 is 0 Å². The first kappa shape index (κ1) is 11.9. The summed E-state index contributed by atoms with van der Waals surface area (Å²) < 4.78 is 11.7. The Morgan fingerprint density at radius 2 is 2.11 bits per heavy atom. The third-order valence-electron chi connectivity index (χ3n) is 4.03. The number of carbonyl (C=O) groups excluding carboxylic acids is 1. The molecule has 0 radical (unpaired) electrons. The second kappa shape index (κ2) is 4.82. The molecule has 2 fully saturated rings. The number of hydrogen-bond donors (Lipinski definition) is 0. The molecule has 2 saturated heterocycles. The molecule has 2 aliphatic rings. The van der Waals surface area contributed by atoms with Gasteiger partial charge in [-0.1, -0.05) is 37.3 Å². The number of ether oxygens (including phenoxy) is 2. The first-order chi connectivity index (χ1) is 8.74. The van der Waals surface area contributed by atoms with Gasteiger partial charge in [-0.2, -0.15) is 0 Å². The molecule has 3 nitrogen and oxygen atoms in total. The Morgan fingerprint density at radius 3 is 2.89 bits per heavy atom. The Balaban J connectivity index is 1.62. The number of Topliss-reactive ketones (excluding diaryl/α,β-unsaturated/α-hetero) is 1. The minimum Gasteiger partial charge on any atom is -0.373 e. The van der Waals surface area contributed by atoms with Crippen LogP contribution in [0.15, 0.2) is 30.3 Å². The molecule has 2 bridgehead atoms. The first-order valence-electron chi connectivity index (χ1n) is 6.58. The zero-order chi connectivity index (χ0) is 12.5. The number of benzene rings is 1. The molecule has 0 N–H and O–H groups in total. The van der Waals surface area contributed by atoms with Gasteiger partial charge in [0, 0.05) is 18.8 Å². The molecular weight excluding hydrogens is 228 g/mol. The fourth-order valence-corrected chi connectivity index (χ4v) is 2.82. The highest BCUT2D eigenvalue weighted by Gasteiger charge is 2.45. The van der Waals surface area contributed by atoms with E-state index in [1.807, 2.05) is 18.2 Å². The Bertz CT molecular complexity index is 429. The summed E-state index contributed by atoms with van der Waals surface area (Å²) in [4.78, 5) is 11.6. The summed E-state index contributed by atoms with van der Waals surface area (Å²) >= 11 is 0. The van der Waals surface area contributed by atoms with Crippen LogP contribution in [0.3, 0.4) is 0 Å². The van der Waals surface area contributed by atoms with E-state index in [-0.39, 0.29) is 24.1 Å². The number of ketones is 1.